The number of likely N-dealkylation sites (tertiary alicyclic amines) is 1. The Hall–Kier alpha value is -2.04. The van der Waals surface area contributed by atoms with Crippen molar-refractivity contribution >= 4 is 18.2 Å². The molecule has 1 spiro atoms. The van der Waals surface area contributed by atoms with Crippen LogP contribution in [0.3, 0.4) is 0 Å². The zero-order valence-corrected chi connectivity index (χ0v) is 18.1. The summed E-state index contributed by atoms with van der Waals surface area (Å²) in [6.07, 6.45) is 6.05. The van der Waals surface area contributed by atoms with Crippen LogP contribution in [0, 0.1) is 0 Å². The van der Waals surface area contributed by atoms with E-state index < -0.39 is 0 Å². The fraction of sp³-hybridized carbons (Fsp3) is 0.458. The lowest BCUT2D eigenvalue weighted by molar-refractivity contribution is 0.0298. The fourth-order valence-electron chi connectivity index (χ4n) is 4.88. The molecule has 0 radical (unpaired) electrons. The number of rotatable bonds is 5. The molecule has 29 heavy (non-hydrogen) atoms. The van der Waals surface area contributed by atoms with Gasteiger partial charge < -0.3 is 9.47 Å². The van der Waals surface area contributed by atoms with E-state index in [-0.39, 0.29) is 17.9 Å². The molecule has 0 bridgehead atoms. The van der Waals surface area contributed by atoms with Crippen LogP contribution in [0.1, 0.15) is 47.2 Å². The largest absolute Gasteiger partial charge is 0.497 e. The van der Waals surface area contributed by atoms with E-state index >= 15 is 0 Å². The maximum atomic E-state index is 13.6. The van der Waals surface area contributed by atoms with E-state index in [9.17, 15) is 4.79 Å². The van der Waals surface area contributed by atoms with E-state index in [2.05, 4.69) is 17.0 Å². The Balaban J connectivity index is 0.00000240. The zero-order chi connectivity index (χ0) is 19.6. The number of ether oxygens (including phenoxy) is 2. The molecule has 2 aliphatic rings. The highest BCUT2D eigenvalue weighted by Crippen LogP contribution is 2.40. The summed E-state index contributed by atoms with van der Waals surface area (Å²) in [5.74, 6) is 2.03. The Labute approximate surface area is 179 Å². The predicted molar refractivity (Wildman–Crippen MR) is 118 cm³/mol. The third kappa shape index (κ3) is 4.15. The van der Waals surface area contributed by atoms with Gasteiger partial charge in [0, 0.05) is 12.1 Å². The number of Topliss-reactive ketones (excluding diaryl/α,β-unsaturated/α-hetero) is 1. The predicted octanol–water partition coefficient (Wildman–Crippen LogP) is 4.72. The Kier molecular flexibility index (Phi) is 6.86. The van der Waals surface area contributed by atoms with Crippen molar-refractivity contribution in [1.82, 2.24) is 4.90 Å². The average Bonchev–Trinajstić information content (AvgIpc) is 2.75. The number of halogens is 1. The van der Waals surface area contributed by atoms with E-state index in [1.54, 1.807) is 14.2 Å². The van der Waals surface area contributed by atoms with Crippen molar-refractivity contribution in [2.24, 2.45) is 0 Å². The van der Waals surface area contributed by atoms with Crippen LogP contribution in [0.15, 0.2) is 42.5 Å². The van der Waals surface area contributed by atoms with E-state index in [1.807, 2.05) is 30.3 Å². The summed E-state index contributed by atoms with van der Waals surface area (Å²) < 4.78 is 10.7. The molecule has 0 saturated carbocycles. The Morgan fingerprint density at radius 1 is 1.00 bits per heavy atom. The topological polar surface area (TPSA) is 38.8 Å². The molecular weight excluding hydrogens is 386 g/mol. The molecule has 4 nitrogen and oxygen atoms in total. The normalized spacial score (nSPS) is 21.4. The number of benzene rings is 2. The Morgan fingerprint density at radius 3 is 2.59 bits per heavy atom. The quantitative estimate of drug-likeness (QED) is 0.708. The van der Waals surface area contributed by atoms with Crippen molar-refractivity contribution in [3.05, 3.63) is 59.2 Å². The molecular formula is C24H30ClNO3. The summed E-state index contributed by atoms with van der Waals surface area (Å²) in [6, 6.07) is 14.2. The molecule has 2 aromatic rings. The number of hydrogen-bond donors (Lipinski definition) is 0. The van der Waals surface area contributed by atoms with Gasteiger partial charge in [-0.3, -0.25) is 9.69 Å². The highest BCUT2D eigenvalue weighted by Gasteiger charge is 2.47. The fourth-order valence-corrected chi connectivity index (χ4v) is 4.88. The Bertz CT molecular complexity index is 869. The van der Waals surface area contributed by atoms with Crippen LogP contribution in [-0.2, 0) is 12.8 Å². The van der Waals surface area contributed by atoms with Gasteiger partial charge in [0.25, 0.3) is 0 Å². The van der Waals surface area contributed by atoms with Crippen LogP contribution in [0.25, 0.3) is 0 Å². The highest BCUT2D eigenvalue weighted by atomic mass is 35.5. The summed E-state index contributed by atoms with van der Waals surface area (Å²) in [5, 5.41) is 0. The van der Waals surface area contributed by atoms with E-state index in [0.29, 0.717) is 5.78 Å². The van der Waals surface area contributed by atoms with Gasteiger partial charge in [-0.25, -0.2) is 0 Å². The van der Waals surface area contributed by atoms with Gasteiger partial charge in [0.05, 0.1) is 19.8 Å². The van der Waals surface area contributed by atoms with Crippen molar-refractivity contribution in [2.75, 3.05) is 27.3 Å². The summed E-state index contributed by atoms with van der Waals surface area (Å²) in [5.41, 5.74) is 2.95. The summed E-state index contributed by atoms with van der Waals surface area (Å²) in [7, 11) is 3.38. The second-order valence-corrected chi connectivity index (χ2v) is 7.93. The minimum Gasteiger partial charge on any atom is -0.497 e. The lowest BCUT2D eigenvalue weighted by Gasteiger charge is -2.48. The first-order valence-electron chi connectivity index (χ1n) is 10.3. The number of hydrogen-bond acceptors (Lipinski definition) is 4. The molecule has 1 aliphatic heterocycles. The first-order valence-corrected chi connectivity index (χ1v) is 10.3. The third-order valence-electron chi connectivity index (χ3n) is 6.47. The van der Waals surface area contributed by atoms with Crippen LogP contribution >= 0.6 is 12.4 Å². The number of fused-ring (bicyclic) bond motifs is 1. The van der Waals surface area contributed by atoms with Gasteiger partial charge in [0.1, 0.15) is 11.5 Å². The molecule has 4 rings (SSSR count). The van der Waals surface area contributed by atoms with E-state index in [1.165, 1.54) is 12.0 Å². The molecule has 0 amide bonds. The monoisotopic (exact) mass is 415 g/mol. The average molecular weight is 416 g/mol. The maximum Gasteiger partial charge on any atom is 0.183 e. The number of piperidine rings is 1. The molecule has 0 N–H and O–H groups in total. The van der Waals surface area contributed by atoms with Gasteiger partial charge in [-0.2, -0.15) is 0 Å². The second-order valence-electron chi connectivity index (χ2n) is 7.93. The van der Waals surface area contributed by atoms with Gasteiger partial charge in [0.15, 0.2) is 5.78 Å². The van der Waals surface area contributed by atoms with E-state index in [4.69, 9.17) is 9.47 Å². The zero-order valence-electron chi connectivity index (χ0n) is 17.3. The summed E-state index contributed by atoms with van der Waals surface area (Å²) in [4.78, 5) is 16.1. The molecule has 2 aromatic carbocycles. The minimum atomic E-state index is -0.335. The number of ketones is 1. The standard InChI is InChI=1S/C24H29NO3.ClH/c1-27-20-7-5-6-18(16-20)11-15-25-14-4-3-12-24(25)13-10-19-17-21(28-2)8-9-22(19)23(24)26;/h5-9,16-17H,3-4,10-15H2,1-2H3;1H/t24-;/m0./s1. The number of carbonyl (C=O) groups excluding carboxylic acids is 1. The van der Waals surface area contributed by atoms with Crippen LogP contribution in [0.5, 0.6) is 11.5 Å². The van der Waals surface area contributed by atoms with Gasteiger partial charge >= 0.3 is 0 Å². The number of aryl methyl sites for hydroxylation is 1. The van der Waals surface area contributed by atoms with Crippen LogP contribution < -0.4 is 9.47 Å². The van der Waals surface area contributed by atoms with Gasteiger partial charge in [-0.1, -0.05) is 12.1 Å². The Morgan fingerprint density at radius 2 is 1.79 bits per heavy atom. The van der Waals surface area contributed by atoms with Crippen LogP contribution in [0.4, 0.5) is 0 Å². The lowest BCUT2D eigenvalue weighted by Crippen LogP contribution is -2.59. The minimum absolute atomic E-state index is 0. The van der Waals surface area contributed by atoms with Crippen molar-refractivity contribution in [2.45, 2.75) is 44.1 Å². The SMILES string of the molecule is COc1cccc(CCN2CCCC[C@@]23CCc2cc(OC)ccc2C3=O)c1.Cl. The first kappa shape index (κ1) is 21.7. The molecule has 5 heteroatoms. The molecule has 0 unspecified atom stereocenters. The molecule has 1 atom stereocenters. The van der Waals surface area contributed by atoms with Gasteiger partial charge in [-0.15, -0.1) is 12.4 Å². The van der Waals surface area contributed by atoms with Crippen molar-refractivity contribution < 1.29 is 14.3 Å². The number of methoxy groups -OCH3 is 2. The highest BCUT2D eigenvalue weighted by molar-refractivity contribution is 6.05. The third-order valence-corrected chi connectivity index (χ3v) is 6.47. The summed E-state index contributed by atoms with van der Waals surface area (Å²) >= 11 is 0. The molecule has 1 saturated heterocycles. The molecule has 1 aliphatic carbocycles. The number of carbonyl (C=O) groups is 1. The molecule has 0 aromatic heterocycles. The molecule has 156 valence electrons. The summed E-state index contributed by atoms with van der Waals surface area (Å²) in [6.45, 7) is 1.91. The van der Waals surface area contributed by atoms with Crippen LogP contribution in [0.2, 0.25) is 0 Å². The van der Waals surface area contributed by atoms with Crippen molar-refractivity contribution in [1.29, 1.82) is 0 Å². The van der Waals surface area contributed by atoms with Crippen molar-refractivity contribution in [3.63, 3.8) is 0 Å². The first-order chi connectivity index (χ1) is 13.7. The smallest absolute Gasteiger partial charge is 0.183 e. The van der Waals surface area contributed by atoms with E-state index in [0.717, 1.165) is 67.8 Å². The van der Waals surface area contributed by atoms with Crippen molar-refractivity contribution in [3.8, 4) is 11.5 Å². The molecule has 1 heterocycles. The second kappa shape index (κ2) is 9.19. The molecule has 1 fully saturated rings. The number of nitrogens with zero attached hydrogens (tertiary/aromatic N) is 1. The maximum absolute atomic E-state index is 13.6. The van der Waals surface area contributed by atoms with Gasteiger partial charge in [0.2, 0.25) is 0 Å². The van der Waals surface area contributed by atoms with Gasteiger partial charge in [-0.05, 0) is 86.5 Å². The lowest BCUT2D eigenvalue weighted by atomic mass is 9.71. The van der Waals surface area contributed by atoms with Crippen LogP contribution in [-0.4, -0.2) is 43.5 Å².